The van der Waals surface area contributed by atoms with Crippen molar-refractivity contribution in [3.05, 3.63) is 29.8 Å². The Morgan fingerprint density at radius 1 is 1.33 bits per heavy atom. The van der Waals surface area contributed by atoms with Crippen LogP contribution in [0.25, 0.3) is 0 Å². The average molecular weight is 271 g/mol. The van der Waals surface area contributed by atoms with Crippen LogP contribution in [0.3, 0.4) is 0 Å². The summed E-state index contributed by atoms with van der Waals surface area (Å²) in [7, 11) is -3.60. The van der Waals surface area contributed by atoms with Crippen LogP contribution in [-0.4, -0.2) is 37.0 Å². The number of nitrogens with one attached hydrogen (secondary N) is 1. The van der Waals surface area contributed by atoms with Crippen LogP contribution >= 0.6 is 0 Å². The van der Waals surface area contributed by atoms with E-state index in [4.69, 9.17) is 5.11 Å². The maximum atomic E-state index is 11.7. The number of sulfone groups is 1. The van der Waals surface area contributed by atoms with Gasteiger partial charge in [-0.1, -0.05) is 17.7 Å². The number of carbonyl (C=O) groups excluding carboxylic acids is 1. The van der Waals surface area contributed by atoms with E-state index in [2.05, 4.69) is 5.32 Å². The van der Waals surface area contributed by atoms with E-state index in [0.29, 0.717) is 5.69 Å². The van der Waals surface area contributed by atoms with Crippen molar-refractivity contribution in [2.24, 2.45) is 0 Å². The smallest absolute Gasteiger partial charge is 0.242 e. The maximum absolute atomic E-state index is 11.7. The molecule has 0 aromatic heterocycles. The zero-order valence-electron chi connectivity index (χ0n) is 10.4. The van der Waals surface area contributed by atoms with E-state index in [1.165, 1.54) is 6.92 Å². The lowest BCUT2D eigenvalue weighted by Crippen LogP contribution is -2.34. The quantitative estimate of drug-likeness (QED) is 0.827. The second-order valence-electron chi connectivity index (χ2n) is 4.09. The van der Waals surface area contributed by atoms with Crippen LogP contribution < -0.4 is 5.32 Å². The second kappa shape index (κ2) is 5.97. The molecule has 5 nitrogen and oxygen atoms in total. The molecule has 1 atom stereocenters. The summed E-state index contributed by atoms with van der Waals surface area (Å²) in [6.07, 6.45) is 0. The van der Waals surface area contributed by atoms with Crippen molar-refractivity contribution in [3.8, 4) is 0 Å². The summed E-state index contributed by atoms with van der Waals surface area (Å²) < 4.78 is 23.2. The molecule has 2 N–H and O–H groups in total. The Kier molecular flexibility index (Phi) is 4.86. The van der Waals surface area contributed by atoms with Gasteiger partial charge in [-0.25, -0.2) is 8.42 Å². The normalized spacial score (nSPS) is 13.1. The zero-order valence-corrected chi connectivity index (χ0v) is 11.2. The number of benzene rings is 1. The first-order valence-electron chi connectivity index (χ1n) is 5.57. The van der Waals surface area contributed by atoms with Crippen molar-refractivity contribution in [1.82, 2.24) is 0 Å². The molecule has 0 saturated carbocycles. The van der Waals surface area contributed by atoms with E-state index in [0.717, 1.165) is 5.56 Å². The van der Waals surface area contributed by atoms with Crippen LogP contribution in [0.4, 0.5) is 5.69 Å². The maximum Gasteiger partial charge on any atom is 0.242 e. The molecule has 6 heteroatoms. The fourth-order valence-corrected chi connectivity index (χ4v) is 2.34. The first-order valence-corrected chi connectivity index (χ1v) is 7.28. The molecule has 0 radical (unpaired) electrons. The van der Waals surface area contributed by atoms with Crippen molar-refractivity contribution in [1.29, 1.82) is 0 Å². The van der Waals surface area contributed by atoms with Gasteiger partial charge in [0.1, 0.15) is 5.25 Å². The van der Waals surface area contributed by atoms with E-state index in [1.807, 2.05) is 19.1 Å². The monoisotopic (exact) mass is 271 g/mol. The summed E-state index contributed by atoms with van der Waals surface area (Å²) >= 11 is 0. The minimum Gasteiger partial charge on any atom is -0.395 e. The van der Waals surface area contributed by atoms with E-state index < -0.39 is 33.4 Å². The van der Waals surface area contributed by atoms with Gasteiger partial charge < -0.3 is 10.4 Å². The van der Waals surface area contributed by atoms with Crippen molar-refractivity contribution < 1.29 is 18.3 Å². The third kappa shape index (κ3) is 3.82. The van der Waals surface area contributed by atoms with Crippen LogP contribution in [0.5, 0.6) is 0 Å². The molecule has 100 valence electrons. The number of aliphatic hydroxyl groups excluding tert-OH is 1. The van der Waals surface area contributed by atoms with Crippen molar-refractivity contribution >= 4 is 21.4 Å². The third-order valence-corrected chi connectivity index (χ3v) is 4.65. The Labute approximate surface area is 107 Å². The number of carbonyl (C=O) groups is 1. The molecule has 0 aliphatic rings. The molecule has 0 bridgehead atoms. The van der Waals surface area contributed by atoms with E-state index >= 15 is 0 Å². The van der Waals surface area contributed by atoms with Gasteiger partial charge in [0.25, 0.3) is 0 Å². The Morgan fingerprint density at radius 3 is 2.39 bits per heavy atom. The summed E-state index contributed by atoms with van der Waals surface area (Å²) in [4.78, 5) is 11.7. The topological polar surface area (TPSA) is 83.5 Å². The summed E-state index contributed by atoms with van der Waals surface area (Å²) in [5, 5.41) is 10.0. The fourth-order valence-electron chi connectivity index (χ4n) is 1.35. The Hall–Kier alpha value is -1.40. The van der Waals surface area contributed by atoms with Gasteiger partial charge in [0, 0.05) is 5.69 Å². The van der Waals surface area contributed by atoms with Gasteiger partial charge in [-0.2, -0.15) is 0 Å². The Morgan fingerprint density at radius 2 is 1.89 bits per heavy atom. The van der Waals surface area contributed by atoms with E-state index in [-0.39, 0.29) is 0 Å². The number of aliphatic hydroxyl groups is 1. The Bertz CT molecular complexity index is 507. The zero-order chi connectivity index (χ0) is 13.8. The lowest BCUT2D eigenvalue weighted by molar-refractivity contribution is -0.115. The molecule has 0 saturated heterocycles. The van der Waals surface area contributed by atoms with Crippen molar-refractivity contribution in [2.75, 3.05) is 17.7 Å². The van der Waals surface area contributed by atoms with Crippen molar-refractivity contribution in [2.45, 2.75) is 19.1 Å². The van der Waals surface area contributed by atoms with Gasteiger partial charge in [0.2, 0.25) is 5.91 Å². The molecular formula is C12H17NO4S. The summed E-state index contributed by atoms with van der Waals surface area (Å²) in [6, 6.07) is 7.06. The van der Waals surface area contributed by atoms with Gasteiger partial charge in [0.15, 0.2) is 9.84 Å². The number of hydrogen-bond donors (Lipinski definition) is 2. The largest absolute Gasteiger partial charge is 0.395 e. The molecule has 0 fully saturated rings. The third-order valence-electron chi connectivity index (χ3n) is 2.60. The molecule has 0 spiro atoms. The van der Waals surface area contributed by atoms with Gasteiger partial charge in [-0.3, -0.25) is 4.79 Å². The lowest BCUT2D eigenvalue weighted by atomic mass is 10.2. The SMILES string of the molecule is Cc1ccc(NC(=O)C(C)S(=O)(=O)CCO)cc1. The highest BCUT2D eigenvalue weighted by molar-refractivity contribution is 7.92. The number of hydrogen-bond acceptors (Lipinski definition) is 4. The fraction of sp³-hybridized carbons (Fsp3) is 0.417. The molecule has 0 aliphatic heterocycles. The van der Waals surface area contributed by atoms with Gasteiger partial charge in [-0.05, 0) is 26.0 Å². The number of rotatable bonds is 5. The van der Waals surface area contributed by atoms with Gasteiger partial charge >= 0.3 is 0 Å². The highest BCUT2D eigenvalue weighted by Gasteiger charge is 2.27. The highest BCUT2D eigenvalue weighted by Crippen LogP contribution is 2.11. The average Bonchev–Trinajstić information content (AvgIpc) is 2.31. The second-order valence-corrected chi connectivity index (χ2v) is 6.53. The van der Waals surface area contributed by atoms with Gasteiger partial charge in [-0.15, -0.1) is 0 Å². The molecule has 1 aromatic rings. The van der Waals surface area contributed by atoms with Crippen LogP contribution in [0.15, 0.2) is 24.3 Å². The first-order chi connectivity index (χ1) is 8.36. The van der Waals surface area contributed by atoms with Crippen LogP contribution in [0.2, 0.25) is 0 Å². The molecule has 1 aromatic carbocycles. The Balaban J connectivity index is 2.74. The van der Waals surface area contributed by atoms with Crippen molar-refractivity contribution in [3.63, 3.8) is 0 Å². The number of amides is 1. The van der Waals surface area contributed by atoms with Crippen LogP contribution in [0, 0.1) is 6.92 Å². The van der Waals surface area contributed by atoms with Crippen LogP contribution in [0.1, 0.15) is 12.5 Å². The number of anilines is 1. The van der Waals surface area contributed by atoms with Gasteiger partial charge in [0.05, 0.1) is 12.4 Å². The summed E-state index contributed by atoms with van der Waals surface area (Å²) in [6.45, 7) is 2.75. The summed E-state index contributed by atoms with van der Waals surface area (Å²) in [5.74, 6) is -0.998. The summed E-state index contributed by atoms with van der Waals surface area (Å²) in [5.41, 5.74) is 1.60. The predicted molar refractivity (Wildman–Crippen MR) is 70.1 cm³/mol. The van der Waals surface area contributed by atoms with E-state index in [1.54, 1.807) is 12.1 Å². The molecule has 0 heterocycles. The first kappa shape index (κ1) is 14.7. The standard InChI is InChI=1S/C12H17NO4S/c1-9-3-5-11(6-4-9)13-12(15)10(2)18(16,17)8-7-14/h3-6,10,14H,7-8H2,1-2H3,(H,13,15). The minimum atomic E-state index is -3.60. The van der Waals surface area contributed by atoms with Crippen LogP contribution in [-0.2, 0) is 14.6 Å². The molecule has 1 rings (SSSR count). The number of aryl methyl sites for hydroxylation is 1. The molecular weight excluding hydrogens is 254 g/mol. The predicted octanol–water partition coefficient (Wildman–Crippen LogP) is 0.729. The minimum absolute atomic E-state index is 0.407. The highest BCUT2D eigenvalue weighted by atomic mass is 32.2. The van der Waals surface area contributed by atoms with E-state index in [9.17, 15) is 13.2 Å². The molecule has 1 amide bonds. The molecule has 0 aliphatic carbocycles. The lowest BCUT2D eigenvalue weighted by Gasteiger charge is -2.12. The molecule has 18 heavy (non-hydrogen) atoms. The molecule has 1 unspecified atom stereocenters.